The largest absolute Gasteiger partial charge is 1.00 e. The SMILES string of the molecule is O=S(=O)(O)c1c(Cl)cc2cccc3c4cccc5cccc(c1c23)c54.[H-].[Na+]. The van der Waals surface area contributed by atoms with Gasteiger partial charge in [0.1, 0.15) is 4.90 Å². The van der Waals surface area contributed by atoms with Crippen molar-refractivity contribution in [3.63, 3.8) is 0 Å². The Kier molecular flexibility index (Phi) is 4.19. The molecular formula is C20H12ClNaO3S. The fraction of sp³-hybridized carbons (Fsp3) is 0. The van der Waals surface area contributed by atoms with Crippen molar-refractivity contribution >= 4 is 64.8 Å². The average Bonchev–Trinajstić information content (AvgIpc) is 2.57. The van der Waals surface area contributed by atoms with Crippen LogP contribution < -0.4 is 29.6 Å². The number of halogens is 1. The van der Waals surface area contributed by atoms with Crippen molar-refractivity contribution in [2.24, 2.45) is 0 Å². The molecule has 0 aliphatic rings. The van der Waals surface area contributed by atoms with Gasteiger partial charge in [0.25, 0.3) is 10.1 Å². The molecule has 124 valence electrons. The van der Waals surface area contributed by atoms with E-state index in [2.05, 4.69) is 0 Å². The fourth-order valence-electron chi connectivity index (χ4n) is 3.91. The van der Waals surface area contributed by atoms with Gasteiger partial charge in [-0.15, -0.1) is 0 Å². The minimum atomic E-state index is -4.48. The summed E-state index contributed by atoms with van der Waals surface area (Å²) in [4.78, 5) is -0.226. The van der Waals surface area contributed by atoms with Gasteiger partial charge in [-0.1, -0.05) is 66.2 Å². The molecule has 5 aromatic rings. The van der Waals surface area contributed by atoms with Crippen molar-refractivity contribution in [3.05, 3.63) is 65.7 Å². The topological polar surface area (TPSA) is 54.4 Å². The summed E-state index contributed by atoms with van der Waals surface area (Å²) in [6.07, 6.45) is 0. The third-order valence-corrected chi connectivity index (χ3v) is 6.15. The Bertz CT molecular complexity index is 1430. The maximum atomic E-state index is 12.1. The molecule has 0 heterocycles. The summed E-state index contributed by atoms with van der Waals surface area (Å²) in [7, 11) is -4.48. The van der Waals surface area contributed by atoms with Crippen molar-refractivity contribution < 1.29 is 44.0 Å². The number of hydrogen-bond acceptors (Lipinski definition) is 2. The van der Waals surface area contributed by atoms with Crippen LogP contribution in [0.25, 0.3) is 43.1 Å². The molecule has 5 rings (SSSR count). The third-order valence-electron chi connectivity index (χ3n) is 4.80. The van der Waals surface area contributed by atoms with Crippen molar-refractivity contribution in [3.8, 4) is 0 Å². The van der Waals surface area contributed by atoms with E-state index in [0.717, 1.165) is 37.7 Å². The van der Waals surface area contributed by atoms with E-state index in [1.807, 2.05) is 54.6 Å². The van der Waals surface area contributed by atoms with Gasteiger partial charge >= 0.3 is 29.6 Å². The molecular weight excluding hydrogens is 379 g/mol. The molecule has 0 radical (unpaired) electrons. The van der Waals surface area contributed by atoms with Crippen molar-refractivity contribution in [2.45, 2.75) is 4.90 Å². The summed E-state index contributed by atoms with van der Waals surface area (Å²) in [6.45, 7) is 0. The Morgan fingerprint density at radius 1 is 0.769 bits per heavy atom. The van der Waals surface area contributed by atoms with Gasteiger partial charge < -0.3 is 1.43 Å². The number of benzene rings is 5. The zero-order valence-corrected chi connectivity index (χ0v) is 17.4. The van der Waals surface area contributed by atoms with Crippen LogP contribution in [0.4, 0.5) is 0 Å². The molecule has 0 unspecified atom stereocenters. The predicted octanol–water partition coefficient (Wildman–Crippen LogP) is 2.75. The van der Waals surface area contributed by atoms with Gasteiger partial charge in [-0.05, 0) is 43.8 Å². The molecule has 0 saturated heterocycles. The summed E-state index contributed by atoms with van der Waals surface area (Å²) < 4.78 is 34.1. The normalized spacial score (nSPS) is 12.2. The molecule has 0 fully saturated rings. The molecule has 0 aliphatic heterocycles. The van der Waals surface area contributed by atoms with Gasteiger partial charge in [-0.2, -0.15) is 8.42 Å². The second-order valence-electron chi connectivity index (χ2n) is 6.15. The van der Waals surface area contributed by atoms with E-state index in [0.29, 0.717) is 5.39 Å². The van der Waals surface area contributed by atoms with Crippen molar-refractivity contribution in [2.75, 3.05) is 0 Å². The van der Waals surface area contributed by atoms with Gasteiger partial charge in [-0.3, -0.25) is 4.55 Å². The molecule has 0 spiro atoms. The fourth-order valence-corrected chi connectivity index (χ4v) is 5.19. The Labute approximate surface area is 178 Å². The molecule has 6 heteroatoms. The molecule has 0 aliphatic carbocycles. The van der Waals surface area contributed by atoms with Crippen LogP contribution in [-0.2, 0) is 10.1 Å². The van der Waals surface area contributed by atoms with Gasteiger partial charge in [0, 0.05) is 5.39 Å². The van der Waals surface area contributed by atoms with Crippen LogP contribution >= 0.6 is 11.6 Å². The zero-order valence-electron chi connectivity index (χ0n) is 14.8. The quantitative estimate of drug-likeness (QED) is 0.207. The van der Waals surface area contributed by atoms with E-state index in [-0.39, 0.29) is 40.9 Å². The first-order valence-electron chi connectivity index (χ1n) is 7.72. The van der Waals surface area contributed by atoms with Crippen LogP contribution in [0.15, 0.2) is 65.6 Å². The first-order valence-corrected chi connectivity index (χ1v) is 9.54. The maximum Gasteiger partial charge on any atom is 1.00 e. The molecule has 0 aromatic heterocycles. The third kappa shape index (κ3) is 2.38. The van der Waals surface area contributed by atoms with Crippen LogP contribution in [0.3, 0.4) is 0 Å². The standard InChI is InChI=1S/C20H11ClO3S.Na.H/c21-16-10-12-6-3-8-14-13-7-1-4-11-5-2-9-15(17(11)13)19(18(12)14)20(16)25(22,23)24;;/h1-10H,(H,22,23,24);;/q;+1;-1. The predicted molar refractivity (Wildman–Crippen MR) is 104 cm³/mol. The minimum absolute atomic E-state index is 0. The summed E-state index contributed by atoms with van der Waals surface area (Å²) >= 11 is 6.27. The Balaban J connectivity index is 0.00000105. The molecule has 3 nitrogen and oxygen atoms in total. The summed E-state index contributed by atoms with van der Waals surface area (Å²) in [6, 6.07) is 19.2. The molecule has 5 aromatic carbocycles. The van der Waals surface area contributed by atoms with E-state index in [4.69, 9.17) is 11.6 Å². The smallest absolute Gasteiger partial charge is 1.00 e. The number of rotatable bonds is 1. The monoisotopic (exact) mass is 390 g/mol. The Morgan fingerprint density at radius 3 is 1.92 bits per heavy atom. The van der Waals surface area contributed by atoms with Gasteiger partial charge in [0.15, 0.2) is 0 Å². The van der Waals surface area contributed by atoms with E-state index < -0.39 is 10.1 Å². The van der Waals surface area contributed by atoms with Gasteiger partial charge in [0.05, 0.1) is 5.02 Å². The minimum Gasteiger partial charge on any atom is -1.00 e. The molecule has 1 N–H and O–H groups in total. The van der Waals surface area contributed by atoms with E-state index in [1.54, 1.807) is 6.07 Å². The molecule has 0 saturated carbocycles. The van der Waals surface area contributed by atoms with E-state index in [1.165, 1.54) is 0 Å². The van der Waals surface area contributed by atoms with Crippen LogP contribution in [0.5, 0.6) is 0 Å². The van der Waals surface area contributed by atoms with Crippen LogP contribution in [0.2, 0.25) is 5.02 Å². The second-order valence-corrected chi connectivity index (χ2v) is 7.92. The molecule has 26 heavy (non-hydrogen) atoms. The first kappa shape index (κ1) is 18.0. The number of fused-ring (bicyclic) bond motifs is 2. The van der Waals surface area contributed by atoms with Crippen LogP contribution in [0.1, 0.15) is 1.43 Å². The number of hydrogen-bond donors (Lipinski definition) is 1. The Hall–Kier alpha value is -1.40. The van der Waals surface area contributed by atoms with Gasteiger partial charge in [-0.25, -0.2) is 0 Å². The molecule has 0 bridgehead atoms. The van der Waals surface area contributed by atoms with Crippen LogP contribution in [0, 0.1) is 0 Å². The van der Waals surface area contributed by atoms with Crippen LogP contribution in [-0.4, -0.2) is 13.0 Å². The Morgan fingerprint density at radius 2 is 1.31 bits per heavy atom. The van der Waals surface area contributed by atoms with E-state index in [9.17, 15) is 13.0 Å². The zero-order chi connectivity index (χ0) is 17.3. The summed E-state index contributed by atoms with van der Waals surface area (Å²) in [5.74, 6) is 0. The van der Waals surface area contributed by atoms with E-state index >= 15 is 0 Å². The second kappa shape index (κ2) is 6.06. The maximum absolute atomic E-state index is 12.1. The molecule has 0 atom stereocenters. The average molecular weight is 391 g/mol. The first-order chi connectivity index (χ1) is 12.0. The summed E-state index contributed by atoms with van der Waals surface area (Å²) in [5.41, 5.74) is 0. The summed E-state index contributed by atoms with van der Waals surface area (Å²) in [5, 5.41) is 6.89. The molecule has 0 amide bonds. The van der Waals surface area contributed by atoms with Gasteiger partial charge in [0.2, 0.25) is 0 Å². The van der Waals surface area contributed by atoms with Crippen molar-refractivity contribution in [1.29, 1.82) is 0 Å². The van der Waals surface area contributed by atoms with Crippen molar-refractivity contribution in [1.82, 2.24) is 0 Å².